The van der Waals surface area contributed by atoms with Crippen molar-refractivity contribution in [3.05, 3.63) is 18.2 Å². The smallest absolute Gasteiger partial charge is 0.224 e. The maximum atomic E-state index is 12.0. The molecule has 5 heteroatoms. The van der Waals surface area contributed by atoms with Crippen LogP contribution in [-0.4, -0.2) is 35.1 Å². The van der Waals surface area contributed by atoms with Crippen molar-refractivity contribution in [1.82, 2.24) is 20.2 Å². The summed E-state index contributed by atoms with van der Waals surface area (Å²) in [5, 5.41) is 6.31. The van der Waals surface area contributed by atoms with Crippen molar-refractivity contribution in [3.63, 3.8) is 0 Å². The molecule has 2 rings (SSSR count). The fraction of sp³-hybridized carbons (Fsp3) is 0.692. The van der Waals surface area contributed by atoms with Crippen molar-refractivity contribution in [1.29, 1.82) is 0 Å². The van der Waals surface area contributed by atoms with Gasteiger partial charge in [-0.2, -0.15) is 0 Å². The van der Waals surface area contributed by atoms with Crippen LogP contribution in [0.4, 0.5) is 0 Å². The molecule has 0 aliphatic carbocycles. The Balaban J connectivity index is 1.73. The predicted octanol–water partition coefficient (Wildman–Crippen LogP) is 0.324. The quantitative estimate of drug-likeness (QED) is 0.809. The fourth-order valence-electron chi connectivity index (χ4n) is 2.44. The highest BCUT2D eigenvalue weighted by Gasteiger charge is 2.24. The molecule has 1 aromatic rings. The van der Waals surface area contributed by atoms with Gasteiger partial charge in [0.05, 0.1) is 5.92 Å². The van der Waals surface area contributed by atoms with Crippen molar-refractivity contribution in [2.75, 3.05) is 19.6 Å². The minimum atomic E-state index is 0.120. The van der Waals surface area contributed by atoms with Gasteiger partial charge in [-0.15, -0.1) is 0 Å². The number of hydrogen-bond donors (Lipinski definition) is 2. The Morgan fingerprint density at radius 2 is 2.44 bits per heavy atom. The van der Waals surface area contributed by atoms with E-state index in [1.165, 1.54) is 0 Å². The first-order chi connectivity index (χ1) is 8.66. The van der Waals surface area contributed by atoms with Gasteiger partial charge < -0.3 is 15.2 Å². The van der Waals surface area contributed by atoms with Crippen molar-refractivity contribution in [3.8, 4) is 0 Å². The van der Waals surface area contributed by atoms with Gasteiger partial charge in [-0.3, -0.25) is 4.79 Å². The summed E-state index contributed by atoms with van der Waals surface area (Å²) < 4.78 is 1.98. The van der Waals surface area contributed by atoms with E-state index < -0.39 is 0 Å². The average molecular weight is 250 g/mol. The Morgan fingerprint density at radius 3 is 3.11 bits per heavy atom. The number of amides is 1. The van der Waals surface area contributed by atoms with Crippen LogP contribution in [-0.2, 0) is 18.3 Å². The second kappa shape index (κ2) is 6.00. The number of aryl methyl sites for hydroxylation is 1. The highest BCUT2D eigenvalue weighted by Crippen LogP contribution is 2.15. The highest BCUT2D eigenvalue weighted by molar-refractivity contribution is 5.79. The molecule has 2 N–H and O–H groups in total. The molecule has 2 heterocycles. The molecule has 1 aliphatic heterocycles. The largest absolute Gasteiger partial charge is 0.355 e. The Labute approximate surface area is 108 Å². The van der Waals surface area contributed by atoms with Gasteiger partial charge in [0, 0.05) is 39.0 Å². The van der Waals surface area contributed by atoms with E-state index in [0.29, 0.717) is 12.5 Å². The first-order valence-corrected chi connectivity index (χ1v) is 6.61. The van der Waals surface area contributed by atoms with Crippen LogP contribution in [0.15, 0.2) is 12.4 Å². The van der Waals surface area contributed by atoms with Gasteiger partial charge in [-0.05, 0) is 18.9 Å². The van der Waals surface area contributed by atoms with E-state index in [9.17, 15) is 4.79 Å². The Morgan fingerprint density at radius 1 is 1.61 bits per heavy atom. The molecule has 0 aromatic carbocycles. The summed E-state index contributed by atoms with van der Waals surface area (Å²) in [6.45, 7) is 4.67. The van der Waals surface area contributed by atoms with Crippen LogP contribution < -0.4 is 10.6 Å². The minimum Gasteiger partial charge on any atom is -0.355 e. The lowest BCUT2D eigenvalue weighted by atomic mass is 9.91. The molecular weight excluding hydrogens is 228 g/mol. The number of piperidine rings is 1. The van der Waals surface area contributed by atoms with Crippen LogP contribution in [0.25, 0.3) is 0 Å². The van der Waals surface area contributed by atoms with E-state index in [0.717, 1.165) is 31.8 Å². The van der Waals surface area contributed by atoms with Crippen LogP contribution in [0.5, 0.6) is 0 Å². The monoisotopic (exact) mass is 250 g/mol. The Hall–Kier alpha value is -1.36. The zero-order valence-electron chi connectivity index (χ0n) is 11.1. The molecule has 2 unspecified atom stereocenters. The molecule has 1 saturated heterocycles. The third-order valence-electron chi connectivity index (χ3n) is 3.51. The van der Waals surface area contributed by atoms with Crippen LogP contribution in [0, 0.1) is 11.8 Å². The number of rotatable bonds is 4. The molecule has 1 aromatic heterocycles. The summed E-state index contributed by atoms with van der Waals surface area (Å²) in [6.07, 6.45) is 5.47. The molecule has 1 aliphatic rings. The van der Waals surface area contributed by atoms with Crippen LogP contribution in [0.1, 0.15) is 19.2 Å². The van der Waals surface area contributed by atoms with Crippen LogP contribution >= 0.6 is 0 Å². The second-order valence-electron chi connectivity index (χ2n) is 5.19. The number of imidazole rings is 1. The number of carbonyl (C=O) groups excluding carboxylic acids is 1. The average Bonchev–Trinajstić information content (AvgIpc) is 2.75. The Bertz CT molecular complexity index is 401. The van der Waals surface area contributed by atoms with E-state index in [4.69, 9.17) is 0 Å². The predicted molar refractivity (Wildman–Crippen MR) is 70.1 cm³/mol. The first kappa shape index (κ1) is 13.1. The fourth-order valence-corrected chi connectivity index (χ4v) is 2.44. The van der Waals surface area contributed by atoms with Crippen LogP contribution in [0.2, 0.25) is 0 Å². The number of nitrogens with zero attached hydrogens (tertiary/aromatic N) is 2. The molecule has 5 nitrogen and oxygen atoms in total. The molecule has 18 heavy (non-hydrogen) atoms. The van der Waals surface area contributed by atoms with Crippen molar-refractivity contribution < 1.29 is 4.79 Å². The van der Waals surface area contributed by atoms with Gasteiger partial charge in [-0.25, -0.2) is 4.98 Å². The molecule has 0 bridgehead atoms. The van der Waals surface area contributed by atoms with E-state index >= 15 is 0 Å². The first-order valence-electron chi connectivity index (χ1n) is 6.61. The maximum absolute atomic E-state index is 12.0. The SMILES string of the molecule is CC1CNCC(C(=O)NCCc2nccn2C)C1. The molecule has 2 atom stereocenters. The molecule has 1 amide bonds. The summed E-state index contributed by atoms with van der Waals surface area (Å²) in [6, 6.07) is 0. The van der Waals surface area contributed by atoms with Crippen molar-refractivity contribution in [2.24, 2.45) is 18.9 Å². The number of carbonyl (C=O) groups is 1. The van der Waals surface area contributed by atoms with Crippen LogP contribution in [0.3, 0.4) is 0 Å². The summed E-state index contributed by atoms with van der Waals surface area (Å²) in [5.41, 5.74) is 0. The normalized spacial score (nSPS) is 23.9. The van der Waals surface area contributed by atoms with Gasteiger partial charge in [0.25, 0.3) is 0 Å². The van der Waals surface area contributed by atoms with Gasteiger partial charge in [0.1, 0.15) is 5.82 Å². The van der Waals surface area contributed by atoms with Gasteiger partial charge >= 0.3 is 0 Å². The van der Waals surface area contributed by atoms with Gasteiger partial charge in [0.2, 0.25) is 5.91 Å². The highest BCUT2D eigenvalue weighted by atomic mass is 16.1. The second-order valence-corrected chi connectivity index (χ2v) is 5.19. The summed E-state index contributed by atoms with van der Waals surface area (Å²) >= 11 is 0. The zero-order valence-corrected chi connectivity index (χ0v) is 11.1. The van der Waals surface area contributed by atoms with Crippen molar-refractivity contribution >= 4 is 5.91 Å². The van der Waals surface area contributed by atoms with E-state index in [2.05, 4.69) is 22.5 Å². The Kier molecular flexibility index (Phi) is 4.36. The summed E-state index contributed by atoms with van der Waals surface area (Å²) in [7, 11) is 1.97. The maximum Gasteiger partial charge on any atom is 0.224 e. The third kappa shape index (κ3) is 3.32. The molecule has 0 saturated carbocycles. The molecular formula is C13H22N4O. The molecule has 100 valence electrons. The summed E-state index contributed by atoms with van der Waals surface area (Å²) in [4.78, 5) is 16.2. The lowest BCUT2D eigenvalue weighted by Crippen LogP contribution is -2.43. The lowest BCUT2D eigenvalue weighted by molar-refractivity contribution is -0.125. The lowest BCUT2D eigenvalue weighted by Gasteiger charge is -2.26. The molecule has 1 fully saturated rings. The van der Waals surface area contributed by atoms with E-state index in [-0.39, 0.29) is 11.8 Å². The van der Waals surface area contributed by atoms with Crippen molar-refractivity contribution in [2.45, 2.75) is 19.8 Å². The zero-order chi connectivity index (χ0) is 13.0. The van der Waals surface area contributed by atoms with E-state index in [1.807, 2.05) is 17.8 Å². The molecule has 0 spiro atoms. The van der Waals surface area contributed by atoms with Gasteiger partial charge in [0.15, 0.2) is 0 Å². The minimum absolute atomic E-state index is 0.120. The number of aromatic nitrogens is 2. The standard InChI is InChI=1S/C13H22N4O/c1-10-7-11(9-14-8-10)13(18)16-4-3-12-15-5-6-17(12)2/h5-6,10-11,14H,3-4,7-9H2,1-2H3,(H,16,18). The number of hydrogen-bond acceptors (Lipinski definition) is 3. The summed E-state index contributed by atoms with van der Waals surface area (Å²) in [5.74, 6) is 1.88. The van der Waals surface area contributed by atoms with Gasteiger partial charge in [-0.1, -0.05) is 6.92 Å². The third-order valence-corrected chi connectivity index (χ3v) is 3.51. The number of nitrogens with one attached hydrogen (secondary N) is 2. The topological polar surface area (TPSA) is 59.0 Å². The molecule has 0 radical (unpaired) electrons. The van der Waals surface area contributed by atoms with E-state index in [1.54, 1.807) is 6.20 Å².